The third kappa shape index (κ3) is 2.76. The Bertz CT molecular complexity index is 805. The van der Waals surface area contributed by atoms with Gasteiger partial charge in [-0.15, -0.1) is 0 Å². The van der Waals surface area contributed by atoms with Crippen LogP contribution in [0.25, 0.3) is 10.9 Å². The van der Waals surface area contributed by atoms with E-state index in [-0.39, 0.29) is 5.02 Å². The van der Waals surface area contributed by atoms with Crippen LogP contribution in [0.2, 0.25) is 5.02 Å². The molecular weight excluding hydrogens is 289 g/mol. The summed E-state index contributed by atoms with van der Waals surface area (Å²) in [5.74, 6) is -0.417. The highest BCUT2D eigenvalue weighted by atomic mass is 35.5. The maximum atomic E-state index is 13.1. The number of rotatable bonds is 3. The maximum absolute atomic E-state index is 13.1. The van der Waals surface area contributed by atoms with Gasteiger partial charge < -0.3 is 11.1 Å². The number of nitrogens with one attached hydrogen (secondary N) is 1. The quantitative estimate of drug-likeness (QED) is 0.712. The van der Waals surface area contributed by atoms with Crippen molar-refractivity contribution in [2.75, 3.05) is 11.1 Å². The van der Waals surface area contributed by atoms with Crippen LogP contribution in [0.15, 0.2) is 48.7 Å². The summed E-state index contributed by atoms with van der Waals surface area (Å²) in [6.07, 6.45) is 1.72. The zero-order chi connectivity index (χ0) is 14.8. The Kier molecular flexibility index (Phi) is 3.62. The predicted octanol–water partition coefficient (Wildman–Crippen LogP) is 4.22. The number of halogens is 2. The highest BCUT2D eigenvalue weighted by Gasteiger charge is 2.06. The molecule has 0 bridgehead atoms. The molecule has 5 heteroatoms. The van der Waals surface area contributed by atoms with E-state index in [0.29, 0.717) is 12.2 Å². The first-order chi connectivity index (χ1) is 10.1. The van der Waals surface area contributed by atoms with Crippen molar-refractivity contribution in [2.24, 2.45) is 0 Å². The Labute approximate surface area is 126 Å². The largest absolute Gasteiger partial charge is 0.398 e. The van der Waals surface area contributed by atoms with E-state index < -0.39 is 5.82 Å². The third-order valence-corrected chi connectivity index (χ3v) is 3.56. The predicted molar refractivity (Wildman–Crippen MR) is 84.9 cm³/mol. The van der Waals surface area contributed by atoms with Gasteiger partial charge in [0.1, 0.15) is 5.82 Å². The van der Waals surface area contributed by atoms with Crippen LogP contribution in [-0.2, 0) is 6.54 Å². The molecule has 0 fully saturated rings. The van der Waals surface area contributed by atoms with Gasteiger partial charge in [-0.25, -0.2) is 4.39 Å². The Hall–Kier alpha value is -2.33. The van der Waals surface area contributed by atoms with Crippen molar-refractivity contribution in [2.45, 2.75) is 6.54 Å². The van der Waals surface area contributed by atoms with Crippen molar-refractivity contribution in [3.8, 4) is 0 Å². The number of aromatic nitrogens is 1. The molecular formula is C16H13ClFN3. The number of hydrogen-bond acceptors (Lipinski definition) is 3. The van der Waals surface area contributed by atoms with Crippen molar-refractivity contribution in [3.05, 3.63) is 65.1 Å². The fourth-order valence-electron chi connectivity index (χ4n) is 2.18. The van der Waals surface area contributed by atoms with Crippen molar-refractivity contribution in [1.29, 1.82) is 0 Å². The van der Waals surface area contributed by atoms with E-state index in [0.717, 1.165) is 22.2 Å². The number of pyridine rings is 1. The van der Waals surface area contributed by atoms with Crippen molar-refractivity contribution < 1.29 is 4.39 Å². The fourth-order valence-corrected chi connectivity index (χ4v) is 2.39. The minimum absolute atomic E-state index is 0.120. The standard InChI is InChI=1S/C16H13ClFN3/c17-12-8-10(3-4-13(12)18)9-21-15-6-5-14(19)11-2-1-7-20-16(11)15/h1-8,21H,9,19H2. The minimum atomic E-state index is -0.417. The highest BCUT2D eigenvalue weighted by Crippen LogP contribution is 2.26. The smallest absolute Gasteiger partial charge is 0.141 e. The molecule has 21 heavy (non-hydrogen) atoms. The van der Waals surface area contributed by atoms with E-state index in [1.807, 2.05) is 24.3 Å². The molecule has 0 aliphatic heterocycles. The SMILES string of the molecule is Nc1ccc(NCc2ccc(F)c(Cl)c2)c2ncccc12. The lowest BCUT2D eigenvalue weighted by molar-refractivity contribution is 0.627. The second kappa shape index (κ2) is 5.58. The second-order valence-electron chi connectivity index (χ2n) is 4.70. The minimum Gasteiger partial charge on any atom is -0.398 e. The first-order valence-electron chi connectivity index (χ1n) is 6.46. The molecule has 2 aromatic carbocycles. The number of anilines is 2. The number of benzene rings is 2. The van der Waals surface area contributed by atoms with Crippen LogP contribution in [0.3, 0.4) is 0 Å². The lowest BCUT2D eigenvalue weighted by Gasteiger charge is -2.11. The van der Waals surface area contributed by atoms with Crippen LogP contribution in [0, 0.1) is 5.82 Å². The number of nitrogens with two attached hydrogens (primary N) is 1. The monoisotopic (exact) mass is 301 g/mol. The van der Waals surface area contributed by atoms with E-state index in [4.69, 9.17) is 17.3 Å². The molecule has 3 aromatic rings. The Morgan fingerprint density at radius 2 is 2.05 bits per heavy atom. The van der Waals surface area contributed by atoms with E-state index in [1.165, 1.54) is 6.07 Å². The summed E-state index contributed by atoms with van der Waals surface area (Å²) < 4.78 is 13.1. The van der Waals surface area contributed by atoms with Crippen LogP contribution in [0.4, 0.5) is 15.8 Å². The molecule has 0 amide bonds. The van der Waals surface area contributed by atoms with Gasteiger partial charge in [-0.05, 0) is 42.0 Å². The third-order valence-electron chi connectivity index (χ3n) is 3.27. The van der Waals surface area contributed by atoms with Crippen molar-refractivity contribution in [3.63, 3.8) is 0 Å². The average Bonchev–Trinajstić information content (AvgIpc) is 2.50. The zero-order valence-corrected chi connectivity index (χ0v) is 11.9. The fraction of sp³-hybridized carbons (Fsp3) is 0.0625. The Morgan fingerprint density at radius 1 is 1.19 bits per heavy atom. The van der Waals surface area contributed by atoms with E-state index in [9.17, 15) is 4.39 Å². The van der Waals surface area contributed by atoms with Gasteiger partial charge in [0.2, 0.25) is 0 Å². The number of nitrogen functional groups attached to an aromatic ring is 1. The topological polar surface area (TPSA) is 50.9 Å². The Morgan fingerprint density at radius 3 is 2.86 bits per heavy atom. The summed E-state index contributed by atoms with van der Waals surface area (Å²) in [4.78, 5) is 4.36. The number of hydrogen-bond donors (Lipinski definition) is 2. The maximum Gasteiger partial charge on any atom is 0.141 e. The van der Waals surface area contributed by atoms with Crippen LogP contribution in [0.1, 0.15) is 5.56 Å². The van der Waals surface area contributed by atoms with Crippen LogP contribution in [0.5, 0.6) is 0 Å². The number of nitrogens with zero attached hydrogens (tertiary/aromatic N) is 1. The molecule has 1 heterocycles. The first-order valence-corrected chi connectivity index (χ1v) is 6.84. The van der Waals surface area contributed by atoms with Crippen LogP contribution in [-0.4, -0.2) is 4.98 Å². The van der Waals surface area contributed by atoms with Gasteiger partial charge in [0, 0.05) is 23.8 Å². The zero-order valence-electron chi connectivity index (χ0n) is 11.1. The van der Waals surface area contributed by atoms with Crippen LogP contribution < -0.4 is 11.1 Å². The van der Waals surface area contributed by atoms with Crippen molar-refractivity contribution >= 4 is 33.9 Å². The molecule has 0 atom stereocenters. The van der Waals surface area contributed by atoms with Gasteiger partial charge >= 0.3 is 0 Å². The molecule has 1 aromatic heterocycles. The summed E-state index contributed by atoms with van der Waals surface area (Å²) >= 11 is 5.78. The molecule has 0 radical (unpaired) electrons. The van der Waals surface area contributed by atoms with Gasteiger partial charge in [0.25, 0.3) is 0 Å². The van der Waals surface area contributed by atoms with Gasteiger partial charge in [0.15, 0.2) is 0 Å². The molecule has 3 N–H and O–H groups in total. The normalized spacial score (nSPS) is 10.8. The highest BCUT2D eigenvalue weighted by molar-refractivity contribution is 6.30. The van der Waals surface area contributed by atoms with E-state index >= 15 is 0 Å². The molecule has 3 rings (SSSR count). The van der Waals surface area contributed by atoms with Gasteiger partial charge in [-0.1, -0.05) is 17.7 Å². The van der Waals surface area contributed by atoms with Crippen molar-refractivity contribution in [1.82, 2.24) is 4.98 Å². The second-order valence-corrected chi connectivity index (χ2v) is 5.11. The molecule has 0 saturated heterocycles. The Balaban J connectivity index is 1.88. The van der Waals surface area contributed by atoms with E-state index in [2.05, 4.69) is 10.3 Å². The molecule has 106 valence electrons. The molecule has 0 aliphatic carbocycles. The lowest BCUT2D eigenvalue weighted by atomic mass is 10.1. The molecule has 0 spiro atoms. The first kappa shape index (κ1) is 13.6. The average molecular weight is 302 g/mol. The molecule has 0 unspecified atom stereocenters. The summed E-state index contributed by atoms with van der Waals surface area (Å²) in [6.45, 7) is 0.523. The summed E-state index contributed by atoms with van der Waals surface area (Å²) in [7, 11) is 0. The number of fused-ring (bicyclic) bond motifs is 1. The summed E-state index contributed by atoms with van der Waals surface area (Å²) in [6, 6.07) is 12.2. The summed E-state index contributed by atoms with van der Waals surface area (Å²) in [5.41, 5.74) is 9.21. The van der Waals surface area contributed by atoms with Gasteiger partial charge in [0.05, 0.1) is 16.2 Å². The summed E-state index contributed by atoms with van der Waals surface area (Å²) in [5, 5.41) is 4.30. The molecule has 0 saturated carbocycles. The molecule has 0 aliphatic rings. The van der Waals surface area contributed by atoms with Gasteiger partial charge in [-0.2, -0.15) is 0 Å². The van der Waals surface area contributed by atoms with Gasteiger partial charge in [-0.3, -0.25) is 4.98 Å². The van der Waals surface area contributed by atoms with Crippen LogP contribution >= 0.6 is 11.6 Å². The van der Waals surface area contributed by atoms with E-state index in [1.54, 1.807) is 18.3 Å². The lowest BCUT2D eigenvalue weighted by Crippen LogP contribution is -2.02. The molecule has 3 nitrogen and oxygen atoms in total.